The summed E-state index contributed by atoms with van der Waals surface area (Å²) in [7, 11) is 2.10. The molecule has 1 aliphatic carbocycles. The van der Waals surface area contributed by atoms with Gasteiger partial charge >= 0.3 is 0 Å². The van der Waals surface area contributed by atoms with Gasteiger partial charge in [0.2, 0.25) is 0 Å². The molecule has 2 rings (SSSR count). The normalized spacial score (nSPS) is 35.3. The van der Waals surface area contributed by atoms with Crippen molar-refractivity contribution in [3.63, 3.8) is 0 Å². The van der Waals surface area contributed by atoms with Crippen LogP contribution in [0.4, 0.5) is 0 Å². The maximum atomic E-state index is 3.40. The fourth-order valence-electron chi connectivity index (χ4n) is 4.06. The van der Waals surface area contributed by atoms with Crippen LogP contribution in [0.2, 0.25) is 0 Å². The topological polar surface area (TPSA) is 15.3 Å². The zero-order valence-corrected chi connectivity index (χ0v) is 12.5. The summed E-state index contributed by atoms with van der Waals surface area (Å²) in [5, 5.41) is 3.40. The van der Waals surface area contributed by atoms with Crippen molar-refractivity contribution in [2.75, 3.05) is 20.1 Å². The van der Waals surface area contributed by atoms with E-state index in [1.807, 2.05) is 0 Å². The highest BCUT2D eigenvalue weighted by Gasteiger charge is 2.29. The first-order chi connectivity index (χ1) is 8.85. The van der Waals surface area contributed by atoms with Crippen molar-refractivity contribution >= 4 is 0 Å². The van der Waals surface area contributed by atoms with E-state index in [-0.39, 0.29) is 0 Å². The van der Waals surface area contributed by atoms with E-state index in [4.69, 9.17) is 0 Å². The van der Waals surface area contributed by atoms with Gasteiger partial charge in [-0.1, -0.05) is 32.6 Å². The number of hydrogen-bond donors (Lipinski definition) is 1. The van der Waals surface area contributed by atoms with Gasteiger partial charge in [0.25, 0.3) is 0 Å². The Morgan fingerprint density at radius 1 is 1.00 bits per heavy atom. The summed E-state index contributed by atoms with van der Waals surface area (Å²) in [6.07, 6.45) is 13.0. The van der Waals surface area contributed by atoms with E-state index in [1.165, 1.54) is 70.9 Å². The Bertz CT molecular complexity index is 227. The van der Waals surface area contributed by atoms with E-state index >= 15 is 0 Å². The molecule has 2 heteroatoms. The van der Waals surface area contributed by atoms with Gasteiger partial charge in [-0.2, -0.15) is 0 Å². The lowest BCUT2D eigenvalue weighted by Gasteiger charge is -2.41. The van der Waals surface area contributed by atoms with Crippen LogP contribution >= 0.6 is 0 Å². The Balaban J connectivity index is 1.91. The second kappa shape index (κ2) is 7.49. The number of likely N-dealkylation sites (tertiary alicyclic amines) is 1. The van der Waals surface area contributed by atoms with Crippen LogP contribution in [0.15, 0.2) is 0 Å². The van der Waals surface area contributed by atoms with E-state index < -0.39 is 0 Å². The standard InChI is InChI=1S/C16H32N2/c1-3-14-7-6-9-15(11-10-14)18-12-5-4-8-16(18)13-17-2/h14-17H,3-13H2,1-2H3. The molecule has 3 atom stereocenters. The second-order valence-electron chi connectivity index (χ2n) is 6.38. The van der Waals surface area contributed by atoms with Crippen LogP contribution in [0.25, 0.3) is 0 Å². The summed E-state index contributed by atoms with van der Waals surface area (Å²) >= 11 is 0. The molecule has 3 unspecified atom stereocenters. The zero-order valence-electron chi connectivity index (χ0n) is 12.5. The van der Waals surface area contributed by atoms with Crippen LogP contribution in [0, 0.1) is 5.92 Å². The maximum absolute atomic E-state index is 3.40. The van der Waals surface area contributed by atoms with Gasteiger partial charge in [-0.3, -0.25) is 4.90 Å². The highest BCUT2D eigenvalue weighted by atomic mass is 15.2. The molecule has 106 valence electrons. The largest absolute Gasteiger partial charge is 0.318 e. The van der Waals surface area contributed by atoms with Crippen molar-refractivity contribution in [1.29, 1.82) is 0 Å². The van der Waals surface area contributed by atoms with Gasteiger partial charge in [0.15, 0.2) is 0 Å². The maximum Gasteiger partial charge on any atom is 0.0223 e. The summed E-state index contributed by atoms with van der Waals surface area (Å²) in [5.74, 6) is 1.02. The first-order valence-electron chi connectivity index (χ1n) is 8.25. The number of piperidine rings is 1. The minimum absolute atomic E-state index is 0.812. The molecule has 2 fully saturated rings. The highest BCUT2D eigenvalue weighted by Crippen LogP contribution is 2.31. The van der Waals surface area contributed by atoms with Gasteiger partial charge in [0.05, 0.1) is 0 Å². The van der Waals surface area contributed by atoms with Crippen molar-refractivity contribution in [2.24, 2.45) is 5.92 Å². The smallest absolute Gasteiger partial charge is 0.0223 e. The molecule has 1 saturated carbocycles. The molecule has 0 bridgehead atoms. The third kappa shape index (κ3) is 3.71. The first kappa shape index (κ1) is 14.3. The monoisotopic (exact) mass is 252 g/mol. The Hall–Kier alpha value is -0.0800. The minimum Gasteiger partial charge on any atom is -0.318 e. The van der Waals surface area contributed by atoms with Gasteiger partial charge < -0.3 is 5.32 Å². The third-order valence-corrected chi connectivity index (χ3v) is 5.22. The molecule has 1 aliphatic heterocycles. The van der Waals surface area contributed by atoms with Crippen molar-refractivity contribution in [3.05, 3.63) is 0 Å². The summed E-state index contributed by atoms with van der Waals surface area (Å²) in [6.45, 7) is 4.91. The fourth-order valence-corrected chi connectivity index (χ4v) is 4.06. The highest BCUT2D eigenvalue weighted by molar-refractivity contribution is 4.86. The van der Waals surface area contributed by atoms with Crippen LogP contribution < -0.4 is 5.32 Å². The van der Waals surface area contributed by atoms with Crippen LogP contribution in [-0.4, -0.2) is 37.1 Å². The molecule has 0 radical (unpaired) electrons. The second-order valence-corrected chi connectivity index (χ2v) is 6.38. The molecule has 1 N–H and O–H groups in total. The van der Waals surface area contributed by atoms with Crippen LogP contribution in [0.5, 0.6) is 0 Å². The average molecular weight is 252 g/mol. The molecule has 1 heterocycles. The summed E-state index contributed by atoms with van der Waals surface area (Å²) < 4.78 is 0. The van der Waals surface area contributed by atoms with Crippen molar-refractivity contribution in [3.8, 4) is 0 Å². The Morgan fingerprint density at radius 2 is 1.89 bits per heavy atom. The molecule has 0 aromatic carbocycles. The van der Waals surface area contributed by atoms with E-state index in [2.05, 4.69) is 24.2 Å². The van der Waals surface area contributed by atoms with Crippen LogP contribution in [0.1, 0.15) is 64.7 Å². The quantitative estimate of drug-likeness (QED) is 0.771. The average Bonchev–Trinajstić information content (AvgIpc) is 2.65. The summed E-state index contributed by atoms with van der Waals surface area (Å²) in [5.41, 5.74) is 0. The minimum atomic E-state index is 0.812. The Morgan fingerprint density at radius 3 is 2.67 bits per heavy atom. The molecule has 0 amide bonds. The number of likely N-dealkylation sites (N-methyl/N-ethyl adjacent to an activating group) is 1. The predicted molar refractivity (Wildman–Crippen MR) is 78.9 cm³/mol. The molecule has 0 aromatic rings. The van der Waals surface area contributed by atoms with E-state index in [9.17, 15) is 0 Å². The lowest BCUT2D eigenvalue weighted by molar-refractivity contribution is 0.0850. The van der Waals surface area contributed by atoms with Gasteiger partial charge in [0.1, 0.15) is 0 Å². The third-order valence-electron chi connectivity index (χ3n) is 5.22. The molecule has 1 saturated heterocycles. The van der Waals surface area contributed by atoms with Crippen LogP contribution in [0.3, 0.4) is 0 Å². The van der Waals surface area contributed by atoms with Gasteiger partial charge in [-0.05, 0) is 51.6 Å². The molecule has 2 nitrogen and oxygen atoms in total. The molecular formula is C16H32N2. The van der Waals surface area contributed by atoms with Gasteiger partial charge in [0, 0.05) is 18.6 Å². The lowest BCUT2D eigenvalue weighted by atomic mass is 9.95. The summed E-state index contributed by atoms with van der Waals surface area (Å²) in [4.78, 5) is 2.86. The SMILES string of the molecule is CCC1CCCC(N2CCCCC2CNC)CC1. The molecular weight excluding hydrogens is 220 g/mol. The molecule has 0 spiro atoms. The predicted octanol–water partition coefficient (Wildman–Crippen LogP) is 3.42. The van der Waals surface area contributed by atoms with Crippen molar-refractivity contribution in [2.45, 2.75) is 76.8 Å². The molecule has 2 aliphatic rings. The number of nitrogens with zero attached hydrogens (tertiary/aromatic N) is 1. The van der Waals surface area contributed by atoms with E-state index in [0.717, 1.165) is 18.0 Å². The first-order valence-corrected chi connectivity index (χ1v) is 8.25. The molecule has 0 aromatic heterocycles. The van der Waals surface area contributed by atoms with Crippen molar-refractivity contribution in [1.82, 2.24) is 10.2 Å². The zero-order chi connectivity index (χ0) is 12.8. The Labute approximate surface area is 114 Å². The number of rotatable bonds is 4. The fraction of sp³-hybridized carbons (Fsp3) is 1.00. The number of nitrogens with one attached hydrogen (secondary N) is 1. The Kier molecular flexibility index (Phi) is 5.97. The van der Waals surface area contributed by atoms with Gasteiger partial charge in [-0.15, -0.1) is 0 Å². The van der Waals surface area contributed by atoms with Crippen molar-refractivity contribution < 1.29 is 0 Å². The van der Waals surface area contributed by atoms with Crippen LogP contribution in [-0.2, 0) is 0 Å². The summed E-state index contributed by atoms with van der Waals surface area (Å²) in [6, 6.07) is 1.70. The number of hydrogen-bond acceptors (Lipinski definition) is 2. The lowest BCUT2D eigenvalue weighted by Crippen LogP contribution is -2.49. The van der Waals surface area contributed by atoms with Gasteiger partial charge in [-0.25, -0.2) is 0 Å². The van der Waals surface area contributed by atoms with E-state index in [1.54, 1.807) is 0 Å². The van der Waals surface area contributed by atoms with E-state index in [0.29, 0.717) is 0 Å². The molecule has 18 heavy (non-hydrogen) atoms.